The summed E-state index contributed by atoms with van der Waals surface area (Å²) in [6.45, 7) is 4.10. The molecule has 74 valence electrons. The summed E-state index contributed by atoms with van der Waals surface area (Å²) >= 11 is 0. The first-order valence-electron chi connectivity index (χ1n) is 4.02. The first-order chi connectivity index (χ1) is 5.58. The van der Waals surface area contributed by atoms with Crippen LogP contribution in [0.4, 0.5) is 0 Å². The van der Waals surface area contributed by atoms with Gasteiger partial charge in [-0.1, -0.05) is 6.92 Å². The van der Waals surface area contributed by atoms with Gasteiger partial charge in [-0.2, -0.15) is 0 Å². The van der Waals surface area contributed by atoms with Crippen LogP contribution in [0.25, 0.3) is 0 Å². The van der Waals surface area contributed by atoms with Crippen molar-refractivity contribution in [1.29, 1.82) is 0 Å². The molecule has 0 aromatic heterocycles. The van der Waals surface area contributed by atoms with Crippen molar-refractivity contribution in [3.63, 3.8) is 0 Å². The lowest BCUT2D eigenvalue weighted by atomic mass is 9.95. The maximum Gasteiger partial charge on any atom is 0.0781 e. The molecule has 1 aliphatic heterocycles. The van der Waals surface area contributed by atoms with Crippen LogP contribution in [0.5, 0.6) is 0 Å². The lowest BCUT2D eigenvalue weighted by molar-refractivity contribution is 0.0200. The Morgan fingerprint density at radius 1 is 1.25 bits per heavy atom. The van der Waals surface area contributed by atoms with Gasteiger partial charge in [0.05, 0.1) is 32.5 Å². The molecule has 1 atom stereocenters. The van der Waals surface area contributed by atoms with Gasteiger partial charge >= 0.3 is 0 Å². The number of aliphatic hydroxyl groups excluding tert-OH is 3. The molecular weight excluding hydrogens is 160 g/mol. The second kappa shape index (κ2) is 5.48. The fourth-order valence-electron chi connectivity index (χ4n) is 0.246. The van der Waals surface area contributed by atoms with Crippen molar-refractivity contribution in [3.8, 4) is 0 Å². The van der Waals surface area contributed by atoms with Crippen LogP contribution in [0.15, 0.2) is 0 Å². The van der Waals surface area contributed by atoms with Crippen molar-refractivity contribution < 1.29 is 20.1 Å². The topological polar surface area (TPSA) is 73.2 Å². The zero-order valence-electron chi connectivity index (χ0n) is 7.66. The summed E-state index contributed by atoms with van der Waals surface area (Å²) in [7, 11) is 0. The molecule has 0 aromatic carbocycles. The zero-order chi connectivity index (χ0) is 9.61. The minimum absolute atomic E-state index is 0.181. The second-order valence-electron chi connectivity index (χ2n) is 3.43. The Morgan fingerprint density at radius 3 is 1.50 bits per heavy atom. The van der Waals surface area contributed by atoms with Crippen LogP contribution in [0.1, 0.15) is 13.8 Å². The van der Waals surface area contributed by atoms with E-state index in [1.165, 1.54) is 0 Å². The zero-order valence-corrected chi connectivity index (χ0v) is 7.66. The lowest BCUT2D eigenvalue weighted by Gasteiger charge is -2.20. The molecule has 1 heterocycles. The third kappa shape index (κ3) is 5.49. The highest BCUT2D eigenvalue weighted by molar-refractivity contribution is 4.69. The van der Waals surface area contributed by atoms with Gasteiger partial charge in [0, 0.05) is 5.41 Å². The molecule has 0 amide bonds. The lowest BCUT2D eigenvalue weighted by Crippen LogP contribution is -2.29. The summed E-state index contributed by atoms with van der Waals surface area (Å²) in [6.07, 6.45) is 0.583. The van der Waals surface area contributed by atoms with Gasteiger partial charge < -0.3 is 20.1 Å². The van der Waals surface area contributed by atoms with Crippen molar-refractivity contribution in [1.82, 2.24) is 0 Å². The SMILES string of the molecule is CC(CO)(CO)CO.CC1CO1. The maximum absolute atomic E-state index is 8.47. The molecule has 1 saturated heterocycles. The van der Waals surface area contributed by atoms with Gasteiger partial charge in [0.25, 0.3) is 0 Å². The molecule has 1 aliphatic rings. The molecule has 12 heavy (non-hydrogen) atoms. The van der Waals surface area contributed by atoms with Crippen molar-refractivity contribution in [3.05, 3.63) is 0 Å². The Bertz CT molecular complexity index is 99.4. The predicted octanol–water partition coefficient (Wildman–Crippen LogP) is -0.625. The van der Waals surface area contributed by atoms with Gasteiger partial charge in [0.15, 0.2) is 0 Å². The number of rotatable bonds is 3. The van der Waals surface area contributed by atoms with E-state index >= 15 is 0 Å². The summed E-state index contributed by atoms with van der Waals surface area (Å²) in [5.74, 6) is 0. The highest BCUT2D eigenvalue weighted by atomic mass is 16.6. The van der Waals surface area contributed by atoms with Crippen LogP contribution in [-0.2, 0) is 4.74 Å². The summed E-state index contributed by atoms with van der Waals surface area (Å²) in [6, 6.07) is 0. The molecule has 0 bridgehead atoms. The first-order valence-corrected chi connectivity index (χ1v) is 4.02. The normalized spacial score (nSPS) is 21.2. The molecule has 0 spiro atoms. The number of aliphatic hydroxyl groups is 3. The monoisotopic (exact) mass is 178 g/mol. The molecule has 0 saturated carbocycles. The van der Waals surface area contributed by atoms with Crippen LogP contribution in [-0.4, -0.2) is 47.9 Å². The largest absolute Gasteiger partial charge is 0.396 e. The fourth-order valence-corrected chi connectivity index (χ4v) is 0.246. The van der Waals surface area contributed by atoms with Crippen molar-refractivity contribution >= 4 is 0 Å². The summed E-state index contributed by atoms with van der Waals surface area (Å²) in [5.41, 5.74) is -0.708. The van der Waals surface area contributed by atoms with E-state index in [2.05, 4.69) is 6.92 Å². The Hall–Kier alpha value is -0.160. The first kappa shape index (κ1) is 11.8. The van der Waals surface area contributed by atoms with E-state index in [1.807, 2.05) is 0 Å². The van der Waals surface area contributed by atoms with Crippen LogP contribution in [0.3, 0.4) is 0 Å². The van der Waals surface area contributed by atoms with Crippen LogP contribution in [0, 0.1) is 5.41 Å². The predicted molar refractivity (Wildman–Crippen MR) is 44.8 cm³/mol. The van der Waals surface area contributed by atoms with Crippen LogP contribution < -0.4 is 0 Å². The van der Waals surface area contributed by atoms with Crippen LogP contribution >= 0.6 is 0 Å². The minimum Gasteiger partial charge on any atom is -0.396 e. The number of epoxide rings is 1. The van der Waals surface area contributed by atoms with E-state index < -0.39 is 5.41 Å². The highest BCUT2D eigenvalue weighted by Crippen LogP contribution is 2.10. The van der Waals surface area contributed by atoms with E-state index in [0.29, 0.717) is 6.10 Å². The van der Waals surface area contributed by atoms with E-state index in [4.69, 9.17) is 20.1 Å². The third-order valence-corrected chi connectivity index (χ3v) is 1.65. The molecule has 1 rings (SSSR count). The maximum atomic E-state index is 8.47. The van der Waals surface area contributed by atoms with Gasteiger partial charge in [-0.25, -0.2) is 0 Å². The fraction of sp³-hybridized carbons (Fsp3) is 1.00. The Kier molecular flexibility index (Phi) is 5.41. The smallest absolute Gasteiger partial charge is 0.0781 e. The highest BCUT2D eigenvalue weighted by Gasteiger charge is 2.20. The molecule has 0 radical (unpaired) electrons. The van der Waals surface area contributed by atoms with E-state index in [0.717, 1.165) is 6.61 Å². The van der Waals surface area contributed by atoms with Crippen LogP contribution in [0.2, 0.25) is 0 Å². The van der Waals surface area contributed by atoms with Gasteiger partial charge in [-0.3, -0.25) is 0 Å². The number of hydrogen-bond donors (Lipinski definition) is 3. The standard InChI is InChI=1S/C5H12O3.C3H6O/c1-5(2-6,3-7)4-8;1-3-2-4-3/h6-8H,2-4H2,1H3;3H,2H2,1H3. The van der Waals surface area contributed by atoms with Gasteiger partial charge in [-0.15, -0.1) is 0 Å². The molecule has 1 unspecified atom stereocenters. The van der Waals surface area contributed by atoms with E-state index in [1.54, 1.807) is 6.92 Å². The molecular formula is C8H18O4. The molecule has 4 nitrogen and oxygen atoms in total. The van der Waals surface area contributed by atoms with Gasteiger partial charge in [0.2, 0.25) is 0 Å². The van der Waals surface area contributed by atoms with Crippen molar-refractivity contribution in [2.75, 3.05) is 26.4 Å². The van der Waals surface area contributed by atoms with E-state index in [-0.39, 0.29) is 19.8 Å². The molecule has 0 aromatic rings. The molecule has 1 fully saturated rings. The average molecular weight is 178 g/mol. The number of hydrogen-bond acceptors (Lipinski definition) is 4. The van der Waals surface area contributed by atoms with Crippen molar-refractivity contribution in [2.45, 2.75) is 20.0 Å². The summed E-state index contributed by atoms with van der Waals surface area (Å²) in [4.78, 5) is 0. The Labute approximate surface area is 72.8 Å². The molecule has 0 aliphatic carbocycles. The van der Waals surface area contributed by atoms with Crippen molar-refractivity contribution in [2.24, 2.45) is 5.41 Å². The molecule has 3 N–H and O–H groups in total. The Balaban J connectivity index is 0.000000247. The molecule has 4 heteroatoms. The second-order valence-corrected chi connectivity index (χ2v) is 3.43. The minimum atomic E-state index is -0.708. The van der Waals surface area contributed by atoms with Gasteiger partial charge in [0.1, 0.15) is 0 Å². The Morgan fingerprint density at radius 2 is 1.50 bits per heavy atom. The third-order valence-electron chi connectivity index (χ3n) is 1.65. The average Bonchev–Trinajstić information content (AvgIpc) is 2.87. The summed E-state index contributed by atoms with van der Waals surface area (Å²) in [5, 5.41) is 25.4. The summed E-state index contributed by atoms with van der Waals surface area (Å²) < 4.78 is 4.71. The van der Waals surface area contributed by atoms with E-state index in [9.17, 15) is 0 Å². The number of ether oxygens (including phenoxy) is 1. The van der Waals surface area contributed by atoms with Gasteiger partial charge in [-0.05, 0) is 6.92 Å². The quantitative estimate of drug-likeness (QED) is 0.503.